The Balaban J connectivity index is 1.94. The molecule has 26 heavy (non-hydrogen) atoms. The lowest BCUT2D eigenvalue weighted by Gasteiger charge is -2.18. The fraction of sp³-hybridized carbons (Fsp3) is 0.368. The van der Waals surface area contributed by atoms with E-state index in [1.54, 1.807) is 19.1 Å². The van der Waals surface area contributed by atoms with Crippen molar-refractivity contribution in [2.75, 3.05) is 11.9 Å². The van der Waals surface area contributed by atoms with Crippen molar-refractivity contribution in [3.63, 3.8) is 0 Å². The van der Waals surface area contributed by atoms with E-state index in [1.165, 1.54) is 17.4 Å². The first-order valence-electron chi connectivity index (χ1n) is 8.48. The number of halogens is 2. The molecule has 138 valence electrons. The maximum Gasteiger partial charge on any atom is 0.341 e. The number of rotatable bonds is 4. The predicted molar refractivity (Wildman–Crippen MR) is 106 cm³/mol. The van der Waals surface area contributed by atoms with Gasteiger partial charge in [-0.1, -0.05) is 30.1 Å². The maximum absolute atomic E-state index is 12.6. The number of esters is 1. The highest BCUT2D eigenvalue weighted by molar-refractivity contribution is 7.17. The quantitative estimate of drug-likeness (QED) is 0.665. The van der Waals surface area contributed by atoms with Crippen LogP contribution in [0.4, 0.5) is 5.00 Å². The van der Waals surface area contributed by atoms with Crippen LogP contribution in [0.1, 0.15) is 51.4 Å². The fourth-order valence-corrected chi connectivity index (χ4v) is 4.76. The number of benzene rings is 1. The van der Waals surface area contributed by atoms with Crippen LogP contribution in [0.2, 0.25) is 10.0 Å². The Kier molecular flexibility index (Phi) is 5.90. The lowest BCUT2D eigenvalue weighted by Crippen LogP contribution is -2.16. The van der Waals surface area contributed by atoms with Crippen molar-refractivity contribution < 1.29 is 14.3 Å². The first kappa shape index (κ1) is 19.2. The number of anilines is 1. The average Bonchev–Trinajstić information content (AvgIpc) is 2.94. The first-order chi connectivity index (χ1) is 12.4. The maximum atomic E-state index is 12.6. The molecule has 0 radical (unpaired) electrons. The molecule has 0 saturated heterocycles. The number of thiophene rings is 1. The summed E-state index contributed by atoms with van der Waals surface area (Å²) >= 11 is 13.4. The number of amides is 1. The SMILES string of the molecule is CCOC(=O)c1c(NC(=O)c2ccc(Cl)c(Cl)c2)sc2c1CCC(C)C2. The molecule has 0 spiro atoms. The summed E-state index contributed by atoms with van der Waals surface area (Å²) in [6.45, 7) is 4.26. The van der Waals surface area contributed by atoms with Crippen LogP contribution in [-0.2, 0) is 17.6 Å². The van der Waals surface area contributed by atoms with E-state index in [9.17, 15) is 9.59 Å². The highest BCUT2D eigenvalue weighted by atomic mass is 35.5. The third kappa shape index (κ3) is 3.90. The normalized spacial score (nSPS) is 16.1. The molecule has 1 amide bonds. The van der Waals surface area contributed by atoms with Gasteiger partial charge in [0.1, 0.15) is 5.00 Å². The molecule has 7 heteroatoms. The molecule has 4 nitrogen and oxygen atoms in total. The van der Waals surface area contributed by atoms with Crippen molar-refractivity contribution in [3.05, 3.63) is 49.8 Å². The molecule has 1 aromatic carbocycles. The van der Waals surface area contributed by atoms with Gasteiger partial charge < -0.3 is 10.1 Å². The van der Waals surface area contributed by atoms with Crippen LogP contribution < -0.4 is 5.32 Å². The summed E-state index contributed by atoms with van der Waals surface area (Å²) in [4.78, 5) is 26.3. The molecule has 0 fully saturated rings. The van der Waals surface area contributed by atoms with E-state index in [0.29, 0.717) is 38.7 Å². The van der Waals surface area contributed by atoms with Crippen LogP contribution in [0.5, 0.6) is 0 Å². The van der Waals surface area contributed by atoms with Gasteiger partial charge in [0.25, 0.3) is 5.91 Å². The molecule has 1 aliphatic carbocycles. The molecule has 2 aromatic rings. The highest BCUT2D eigenvalue weighted by Gasteiger charge is 2.29. The number of hydrogen-bond donors (Lipinski definition) is 1. The Morgan fingerprint density at radius 2 is 2.08 bits per heavy atom. The van der Waals surface area contributed by atoms with Gasteiger partial charge in [0.15, 0.2) is 0 Å². The number of fused-ring (bicyclic) bond motifs is 1. The second-order valence-electron chi connectivity index (χ2n) is 6.36. The number of hydrogen-bond acceptors (Lipinski definition) is 4. The summed E-state index contributed by atoms with van der Waals surface area (Å²) in [7, 11) is 0. The first-order valence-corrected chi connectivity index (χ1v) is 10.1. The van der Waals surface area contributed by atoms with Gasteiger partial charge in [0.2, 0.25) is 0 Å². The molecule has 1 unspecified atom stereocenters. The zero-order chi connectivity index (χ0) is 18.8. The van der Waals surface area contributed by atoms with Crippen molar-refractivity contribution in [2.24, 2.45) is 5.92 Å². The zero-order valence-electron chi connectivity index (χ0n) is 14.5. The second kappa shape index (κ2) is 7.99. The molecule has 0 aliphatic heterocycles. The van der Waals surface area contributed by atoms with Crippen LogP contribution in [0, 0.1) is 5.92 Å². The second-order valence-corrected chi connectivity index (χ2v) is 8.28. The number of carbonyl (C=O) groups excluding carboxylic acids is 2. The minimum Gasteiger partial charge on any atom is -0.462 e. The summed E-state index contributed by atoms with van der Waals surface area (Å²) in [6.07, 6.45) is 2.76. The van der Waals surface area contributed by atoms with E-state index in [1.807, 2.05) is 0 Å². The van der Waals surface area contributed by atoms with Crippen LogP contribution >= 0.6 is 34.5 Å². The van der Waals surface area contributed by atoms with E-state index in [4.69, 9.17) is 27.9 Å². The summed E-state index contributed by atoms with van der Waals surface area (Å²) in [5.41, 5.74) is 1.89. The fourth-order valence-electron chi connectivity index (χ4n) is 3.07. The summed E-state index contributed by atoms with van der Waals surface area (Å²) in [5.74, 6) is -0.153. The van der Waals surface area contributed by atoms with Gasteiger partial charge in [0.05, 0.1) is 22.2 Å². The molecular weight excluding hydrogens is 393 g/mol. The van der Waals surface area contributed by atoms with E-state index in [0.717, 1.165) is 29.7 Å². The van der Waals surface area contributed by atoms with Crippen LogP contribution in [-0.4, -0.2) is 18.5 Å². The van der Waals surface area contributed by atoms with E-state index in [2.05, 4.69) is 12.2 Å². The van der Waals surface area contributed by atoms with Crippen molar-refractivity contribution in [2.45, 2.75) is 33.1 Å². The van der Waals surface area contributed by atoms with Gasteiger partial charge >= 0.3 is 5.97 Å². The lowest BCUT2D eigenvalue weighted by atomic mass is 9.88. The van der Waals surface area contributed by atoms with Crippen molar-refractivity contribution in [1.82, 2.24) is 0 Å². The third-order valence-electron chi connectivity index (χ3n) is 4.40. The number of nitrogens with one attached hydrogen (secondary N) is 1. The lowest BCUT2D eigenvalue weighted by molar-refractivity contribution is 0.0526. The minimum absolute atomic E-state index is 0.292. The Morgan fingerprint density at radius 1 is 1.31 bits per heavy atom. The number of carbonyl (C=O) groups is 2. The molecular formula is C19H19Cl2NO3S. The Bertz CT molecular complexity index is 863. The molecule has 1 aliphatic rings. The van der Waals surface area contributed by atoms with Gasteiger partial charge in [-0.2, -0.15) is 0 Å². The van der Waals surface area contributed by atoms with Gasteiger partial charge in [-0.05, 0) is 55.9 Å². The minimum atomic E-state index is -0.385. The monoisotopic (exact) mass is 411 g/mol. The number of ether oxygens (including phenoxy) is 1. The van der Waals surface area contributed by atoms with Gasteiger partial charge in [-0.15, -0.1) is 11.3 Å². The Hall–Kier alpha value is -1.56. The summed E-state index contributed by atoms with van der Waals surface area (Å²) in [6, 6.07) is 4.69. The predicted octanol–water partition coefficient (Wildman–Crippen LogP) is 5.61. The highest BCUT2D eigenvalue weighted by Crippen LogP contribution is 2.40. The zero-order valence-corrected chi connectivity index (χ0v) is 16.9. The van der Waals surface area contributed by atoms with E-state index < -0.39 is 0 Å². The largest absolute Gasteiger partial charge is 0.462 e. The van der Waals surface area contributed by atoms with E-state index in [-0.39, 0.29) is 11.9 Å². The molecule has 1 N–H and O–H groups in total. The van der Waals surface area contributed by atoms with Crippen LogP contribution in [0.15, 0.2) is 18.2 Å². The van der Waals surface area contributed by atoms with Crippen molar-refractivity contribution in [1.29, 1.82) is 0 Å². The molecule has 1 atom stereocenters. The Labute approximate surface area is 166 Å². The van der Waals surface area contributed by atoms with Gasteiger partial charge in [-0.3, -0.25) is 4.79 Å². The average molecular weight is 412 g/mol. The van der Waals surface area contributed by atoms with E-state index >= 15 is 0 Å². The standard InChI is InChI=1S/C19H19Cl2NO3S/c1-3-25-19(24)16-12-6-4-10(2)8-15(12)26-18(16)22-17(23)11-5-7-13(20)14(21)9-11/h5,7,9-10H,3-4,6,8H2,1-2H3,(H,22,23). The summed E-state index contributed by atoms with van der Waals surface area (Å²) in [5, 5.41) is 4.10. The molecule has 3 rings (SSSR count). The summed E-state index contributed by atoms with van der Waals surface area (Å²) < 4.78 is 5.22. The van der Waals surface area contributed by atoms with Crippen LogP contribution in [0.25, 0.3) is 0 Å². The topological polar surface area (TPSA) is 55.4 Å². The van der Waals surface area contributed by atoms with Gasteiger partial charge in [-0.25, -0.2) is 4.79 Å². The smallest absolute Gasteiger partial charge is 0.341 e. The Morgan fingerprint density at radius 3 is 2.77 bits per heavy atom. The third-order valence-corrected chi connectivity index (χ3v) is 6.31. The van der Waals surface area contributed by atoms with Gasteiger partial charge in [0, 0.05) is 10.4 Å². The van der Waals surface area contributed by atoms with Crippen molar-refractivity contribution in [3.8, 4) is 0 Å². The molecule has 0 bridgehead atoms. The van der Waals surface area contributed by atoms with Crippen molar-refractivity contribution >= 4 is 51.4 Å². The molecule has 0 saturated carbocycles. The molecule has 1 aromatic heterocycles. The van der Waals surface area contributed by atoms with Crippen LogP contribution in [0.3, 0.4) is 0 Å². The molecule has 1 heterocycles.